The Morgan fingerprint density at radius 1 is 0.500 bits per heavy atom. The van der Waals surface area contributed by atoms with Crippen LogP contribution in [0.25, 0.3) is 0 Å². The Bertz CT molecular complexity index is 1250. The molecule has 3 rings (SSSR count). The fraction of sp³-hybridized carbons (Fsp3) is 0.441. The van der Waals surface area contributed by atoms with Crippen LogP contribution in [0, 0.1) is 0 Å². The lowest BCUT2D eigenvalue weighted by atomic mass is 9.87. The van der Waals surface area contributed by atoms with Crippen molar-refractivity contribution in [1.29, 1.82) is 0 Å². The maximum absolute atomic E-state index is 11.7. The third-order valence-electron chi connectivity index (χ3n) is 6.87. The van der Waals surface area contributed by atoms with E-state index >= 15 is 0 Å². The Balaban J connectivity index is 0.000000439. The number of alkyl halides is 7. The summed E-state index contributed by atoms with van der Waals surface area (Å²) in [4.78, 5) is 13.4. The molecule has 0 radical (unpaired) electrons. The summed E-state index contributed by atoms with van der Waals surface area (Å²) >= 11 is 0. The summed E-state index contributed by atoms with van der Waals surface area (Å²) in [6, 6.07) is 27.8. The second-order valence-corrected chi connectivity index (χ2v) is 15.6. The van der Waals surface area contributed by atoms with Crippen LogP contribution in [0.2, 0.25) is 0 Å². The maximum atomic E-state index is 11.7. The van der Waals surface area contributed by atoms with E-state index in [2.05, 4.69) is 135 Å². The summed E-state index contributed by atoms with van der Waals surface area (Å²) in [5.74, 6) is -16.7. The van der Waals surface area contributed by atoms with Crippen molar-refractivity contribution in [3.8, 4) is 0 Å². The van der Waals surface area contributed by atoms with E-state index in [1.165, 1.54) is 31.4 Å². The molecular formula is C34H39F7O2S. The van der Waals surface area contributed by atoms with E-state index in [9.17, 15) is 40.6 Å². The topological polar surface area (TPSA) is 40.1 Å². The summed E-state index contributed by atoms with van der Waals surface area (Å²) in [7, 11) is -0.120. The minimum atomic E-state index is -6.64. The molecular weight excluding hydrogens is 605 g/mol. The minimum absolute atomic E-state index is 0.120. The molecule has 10 heteroatoms. The fourth-order valence-electron chi connectivity index (χ4n) is 3.99. The van der Waals surface area contributed by atoms with E-state index in [4.69, 9.17) is 0 Å². The smallest absolute Gasteiger partial charge is 0.460 e. The number of benzene rings is 3. The minimum Gasteiger partial charge on any atom is -0.544 e. The van der Waals surface area contributed by atoms with Gasteiger partial charge in [-0.05, 0) is 69.3 Å². The molecule has 0 aliphatic carbocycles. The summed E-state index contributed by atoms with van der Waals surface area (Å²) in [6.45, 7) is 20.5. The van der Waals surface area contributed by atoms with Gasteiger partial charge in [-0.25, -0.2) is 0 Å². The summed E-state index contributed by atoms with van der Waals surface area (Å²) in [5, 5.41) is 9.27. The Morgan fingerprint density at radius 2 is 0.727 bits per heavy atom. The van der Waals surface area contributed by atoms with Crippen LogP contribution < -0.4 is 5.11 Å². The van der Waals surface area contributed by atoms with Crippen LogP contribution in [-0.4, -0.2) is 24.0 Å². The van der Waals surface area contributed by atoms with Crippen LogP contribution in [-0.2, 0) is 31.9 Å². The van der Waals surface area contributed by atoms with Crippen molar-refractivity contribution in [2.75, 3.05) is 0 Å². The number of aliphatic carboxylic acids is 1. The highest BCUT2D eigenvalue weighted by atomic mass is 32.2. The first-order chi connectivity index (χ1) is 19.7. The second kappa shape index (κ2) is 12.8. The average Bonchev–Trinajstić information content (AvgIpc) is 2.88. The lowest BCUT2D eigenvalue weighted by Gasteiger charge is -2.28. The van der Waals surface area contributed by atoms with Gasteiger partial charge in [-0.15, -0.1) is 0 Å². The van der Waals surface area contributed by atoms with E-state index in [-0.39, 0.29) is 27.1 Å². The van der Waals surface area contributed by atoms with E-state index in [0.717, 1.165) is 0 Å². The Kier molecular flexibility index (Phi) is 10.8. The zero-order valence-electron chi connectivity index (χ0n) is 26.3. The zero-order valence-corrected chi connectivity index (χ0v) is 27.1. The van der Waals surface area contributed by atoms with Gasteiger partial charge >= 0.3 is 18.0 Å². The molecule has 0 saturated heterocycles. The number of hydrogen-bond acceptors (Lipinski definition) is 2. The largest absolute Gasteiger partial charge is 0.544 e. The lowest BCUT2D eigenvalue weighted by Crippen LogP contribution is -2.60. The Labute approximate surface area is 258 Å². The predicted molar refractivity (Wildman–Crippen MR) is 159 cm³/mol. The van der Waals surface area contributed by atoms with Gasteiger partial charge in [0.15, 0.2) is 14.7 Å². The SMILES string of the molecule is CC(C)(C)c1ccc([S+](c2ccc(C(C)(C)C)cc2)c2ccc(C(C)(C)C)cc2)cc1.O=C([O-])C(F)(F)C(F)(F)C(F)(F)F. The van der Waals surface area contributed by atoms with Gasteiger partial charge < -0.3 is 9.90 Å². The first-order valence-electron chi connectivity index (χ1n) is 13.8. The molecule has 2 nitrogen and oxygen atoms in total. The number of carboxylic acids is 1. The predicted octanol–water partition coefficient (Wildman–Crippen LogP) is 9.24. The van der Waals surface area contributed by atoms with Gasteiger partial charge in [0, 0.05) is 0 Å². The maximum Gasteiger partial charge on any atom is 0.460 e. The first kappa shape index (κ1) is 37.2. The molecule has 0 amide bonds. The van der Waals surface area contributed by atoms with E-state index < -0.39 is 24.0 Å². The average molecular weight is 645 g/mol. The molecule has 0 saturated carbocycles. The van der Waals surface area contributed by atoms with E-state index in [1.54, 1.807) is 0 Å². The van der Waals surface area contributed by atoms with Gasteiger partial charge in [0.05, 0.1) is 10.9 Å². The second-order valence-electron chi connectivity index (χ2n) is 13.6. The number of hydrogen-bond donors (Lipinski definition) is 0. The lowest BCUT2D eigenvalue weighted by molar-refractivity contribution is -0.387. The highest BCUT2D eigenvalue weighted by molar-refractivity contribution is 7.97. The Morgan fingerprint density at radius 3 is 0.864 bits per heavy atom. The van der Waals surface area contributed by atoms with Crippen molar-refractivity contribution in [2.24, 2.45) is 0 Å². The molecule has 0 heterocycles. The molecule has 0 aromatic heterocycles. The van der Waals surface area contributed by atoms with Crippen LogP contribution >= 0.6 is 0 Å². The summed E-state index contributed by atoms with van der Waals surface area (Å²) in [6.07, 6.45) is -6.64. The van der Waals surface area contributed by atoms with Gasteiger partial charge in [-0.1, -0.05) is 98.7 Å². The molecule has 242 valence electrons. The van der Waals surface area contributed by atoms with Crippen molar-refractivity contribution < 1.29 is 40.6 Å². The fourth-order valence-corrected chi connectivity index (χ4v) is 6.03. The molecule has 44 heavy (non-hydrogen) atoms. The number of rotatable bonds is 5. The third-order valence-corrected chi connectivity index (χ3v) is 9.11. The van der Waals surface area contributed by atoms with Crippen LogP contribution in [0.5, 0.6) is 0 Å². The molecule has 0 spiro atoms. The van der Waals surface area contributed by atoms with Crippen molar-refractivity contribution in [3.05, 3.63) is 89.5 Å². The van der Waals surface area contributed by atoms with Crippen LogP contribution in [0.15, 0.2) is 87.5 Å². The number of carbonyl (C=O) groups excluding carboxylic acids is 1. The van der Waals surface area contributed by atoms with Crippen LogP contribution in [0.3, 0.4) is 0 Å². The van der Waals surface area contributed by atoms with Crippen molar-refractivity contribution in [3.63, 3.8) is 0 Å². The molecule has 3 aromatic carbocycles. The zero-order chi connectivity index (χ0) is 34.1. The van der Waals surface area contributed by atoms with Crippen LogP contribution in [0.1, 0.15) is 79.0 Å². The first-order valence-corrected chi connectivity index (χ1v) is 15.0. The molecule has 0 N–H and O–H groups in total. The molecule has 0 atom stereocenters. The van der Waals surface area contributed by atoms with Crippen molar-refractivity contribution in [1.82, 2.24) is 0 Å². The molecule has 0 fully saturated rings. The summed E-state index contributed by atoms with van der Waals surface area (Å²) in [5.41, 5.74) is 4.64. The van der Waals surface area contributed by atoms with E-state index in [1.807, 2.05) is 0 Å². The normalized spacial score (nSPS) is 13.4. The van der Waals surface area contributed by atoms with Crippen molar-refractivity contribution in [2.45, 2.75) is 111 Å². The van der Waals surface area contributed by atoms with Crippen molar-refractivity contribution >= 4 is 16.9 Å². The molecule has 0 bridgehead atoms. The summed E-state index contributed by atoms with van der Waals surface area (Å²) < 4.78 is 80.2. The molecule has 0 aliphatic heterocycles. The molecule has 0 aliphatic rings. The quantitative estimate of drug-likeness (QED) is 0.205. The number of carbonyl (C=O) groups is 1. The van der Waals surface area contributed by atoms with Gasteiger partial charge in [0.25, 0.3) is 0 Å². The Hall–Kier alpha value is -3.01. The van der Waals surface area contributed by atoms with Crippen LogP contribution in [0.4, 0.5) is 30.7 Å². The van der Waals surface area contributed by atoms with Gasteiger partial charge in [0.2, 0.25) is 0 Å². The molecule has 3 aromatic rings. The van der Waals surface area contributed by atoms with E-state index in [0.29, 0.717) is 0 Å². The highest BCUT2D eigenvalue weighted by Gasteiger charge is 2.73. The molecule has 0 unspecified atom stereocenters. The van der Waals surface area contributed by atoms with Gasteiger partial charge in [-0.2, -0.15) is 30.7 Å². The number of carboxylic acid groups (broad SMARTS) is 1. The van der Waals surface area contributed by atoms with Gasteiger partial charge in [-0.3, -0.25) is 0 Å². The monoisotopic (exact) mass is 644 g/mol. The van der Waals surface area contributed by atoms with Gasteiger partial charge in [0.1, 0.15) is 5.97 Å². The third kappa shape index (κ3) is 8.58. The standard InChI is InChI=1S/C30H39S.C4HF7O2/c1-28(2,3)22-10-16-25(17-11-22)31(26-18-12-23(13-19-26)29(4,5)6)27-20-14-24(15-21-27)30(7,8)9;5-2(6,1(12)13)3(7,8)4(9,10)11/h10-21H,1-9H3;(H,12,13)/q+1;/p-1. The number of halogens is 7. The highest BCUT2D eigenvalue weighted by Crippen LogP contribution is 2.46.